The minimum Gasteiger partial charge on any atom is -0.353 e. The van der Waals surface area contributed by atoms with Crippen LogP contribution in [-0.2, 0) is 9.59 Å². The van der Waals surface area contributed by atoms with Crippen molar-refractivity contribution in [1.82, 2.24) is 20.0 Å². The predicted molar refractivity (Wildman–Crippen MR) is 127 cm³/mol. The van der Waals surface area contributed by atoms with E-state index >= 15 is 0 Å². The van der Waals surface area contributed by atoms with E-state index in [1.54, 1.807) is 17.0 Å². The van der Waals surface area contributed by atoms with Gasteiger partial charge in [0.15, 0.2) is 5.82 Å². The second kappa shape index (κ2) is 11.2. The lowest BCUT2D eigenvalue weighted by molar-refractivity contribution is -0.142. The Kier molecular flexibility index (Phi) is 8.36. The van der Waals surface area contributed by atoms with E-state index in [0.29, 0.717) is 31.7 Å². The van der Waals surface area contributed by atoms with Gasteiger partial charge >= 0.3 is 0 Å². The van der Waals surface area contributed by atoms with Crippen molar-refractivity contribution in [2.75, 3.05) is 37.6 Å². The average molecular weight is 456 g/mol. The fraction of sp³-hybridized carbons (Fsp3) is 0.520. The number of hydrogen-bond donors (Lipinski definition) is 0. The summed E-state index contributed by atoms with van der Waals surface area (Å²) in [5.41, 5.74) is 1.50. The van der Waals surface area contributed by atoms with Crippen LogP contribution >= 0.6 is 0 Å². The Morgan fingerprint density at radius 2 is 1.70 bits per heavy atom. The molecule has 1 aliphatic heterocycles. The Labute approximate surface area is 195 Å². The molecule has 178 valence electrons. The molecule has 2 amide bonds. The highest BCUT2D eigenvalue weighted by Gasteiger charge is 2.25. The third-order valence-corrected chi connectivity index (χ3v) is 5.80. The number of hydrogen-bond acceptors (Lipinski definition) is 5. The Morgan fingerprint density at radius 1 is 0.970 bits per heavy atom. The first-order chi connectivity index (χ1) is 15.7. The number of aromatic nitrogens is 2. The molecule has 0 bridgehead atoms. The third kappa shape index (κ3) is 6.73. The standard InChI is InChI=1S/C25H34FN5O2/c1-18(2)16-24(32)31(19(3)4)17-25(33)30-13-5-12-29(14-15-30)23-11-10-22(27-28-23)20-6-8-21(26)9-7-20/h6-11,18-19H,5,12-17H2,1-4H3. The first-order valence-corrected chi connectivity index (χ1v) is 11.7. The van der Waals surface area contributed by atoms with Gasteiger partial charge in [-0.25, -0.2) is 4.39 Å². The van der Waals surface area contributed by atoms with Crippen LogP contribution in [0.1, 0.15) is 40.5 Å². The maximum atomic E-state index is 13.1. The summed E-state index contributed by atoms with van der Waals surface area (Å²) < 4.78 is 13.1. The van der Waals surface area contributed by atoms with Gasteiger partial charge < -0.3 is 14.7 Å². The van der Waals surface area contributed by atoms with Gasteiger partial charge in [0.25, 0.3) is 0 Å². The second-order valence-corrected chi connectivity index (χ2v) is 9.22. The van der Waals surface area contributed by atoms with Crippen LogP contribution in [0, 0.1) is 11.7 Å². The maximum Gasteiger partial charge on any atom is 0.242 e. The van der Waals surface area contributed by atoms with E-state index < -0.39 is 0 Å². The summed E-state index contributed by atoms with van der Waals surface area (Å²) in [6, 6.07) is 9.95. The van der Waals surface area contributed by atoms with E-state index in [0.717, 1.165) is 24.3 Å². The van der Waals surface area contributed by atoms with E-state index in [1.165, 1.54) is 12.1 Å². The number of benzene rings is 1. The van der Waals surface area contributed by atoms with Crippen LogP contribution in [0.15, 0.2) is 36.4 Å². The monoisotopic (exact) mass is 455 g/mol. The van der Waals surface area contributed by atoms with Gasteiger partial charge in [-0.3, -0.25) is 9.59 Å². The number of nitrogens with zero attached hydrogens (tertiary/aromatic N) is 5. The van der Waals surface area contributed by atoms with Crippen molar-refractivity contribution in [3.05, 3.63) is 42.2 Å². The molecule has 8 heteroatoms. The molecule has 1 aromatic carbocycles. The Hall–Kier alpha value is -3.03. The lowest BCUT2D eigenvalue weighted by atomic mass is 10.1. The number of rotatable bonds is 7. The van der Waals surface area contributed by atoms with Crippen molar-refractivity contribution >= 4 is 17.6 Å². The second-order valence-electron chi connectivity index (χ2n) is 9.22. The molecule has 0 aliphatic carbocycles. The van der Waals surface area contributed by atoms with Crippen molar-refractivity contribution in [2.24, 2.45) is 5.92 Å². The molecule has 0 radical (unpaired) electrons. The van der Waals surface area contributed by atoms with Crippen LogP contribution in [0.2, 0.25) is 0 Å². The molecule has 0 N–H and O–H groups in total. The van der Waals surface area contributed by atoms with E-state index in [2.05, 4.69) is 15.1 Å². The smallest absolute Gasteiger partial charge is 0.242 e. The van der Waals surface area contributed by atoms with Crippen LogP contribution in [0.4, 0.5) is 10.2 Å². The molecule has 33 heavy (non-hydrogen) atoms. The Bertz CT molecular complexity index is 931. The largest absolute Gasteiger partial charge is 0.353 e. The molecule has 1 aliphatic rings. The maximum absolute atomic E-state index is 13.1. The van der Waals surface area contributed by atoms with Crippen LogP contribution in [-0.4, -0.2) is 70.6 Å². The molecule has 0 unspecified atom stereocenters. The quantitative estimate of drug-likeness (QED) is 0.638. The SMILES string of the molecule is CC(C)CC(=O)N(CC(=O)N1CCCN(c2ccc(-c3ccc(F)cc3)nn2)CC1)C(C)C. The number of anilines is 1. The summed E-state index contributed by atoms with van der Waals surface area (Å²) >= 11 is 0. The van der Waals surface area contributed by atoms with Crippen LogP contribution in [0.5, 0.6) is 0 Å². The van der Waals surface area contributed by atoms with Gasteiger partial charge in [0.05, 0.1) is 12.2 Å². The lowest BCUT2D eigenvalue weighted by Crippen LogP contribution is -2.47. The summed E-state index contributed by atoms with van der Waals surface area (Å²) in [5, 5.41) is 8.66. The number of carbonyl (C=O) groups is 2. The zero-order valence-corrected chi connectivity index (χ0v) is 20.0. The Balaban J connectivity index is 1.59. The fourth-order valence-corrected chi connectivity index (χ4v) is 3.94. The normalized spacial score (nSPS) is 14.5. The number of amides is 2. The fourth-order valence-electron chi connectivity index (χ4n) is 3.94. The highest BCUT2D eigenvalue weighted by Crippen LogP contribution is 2.20. The third-order valence-electron chi connectivity index (χ3n) is 5.80. The first kappa shape index (κ1) is 24.6. The number of carbonyl (C=O) groups excluding carboxylic acids is 2. The minimum atomic E-state index is -0.284. The molecule has 1 saturated heterocycles. The molecular weight excluding hydrogens is 421 g/mol. The minimum absolute atomic E-state index is 0.0135. The molecule has 1 fully saturated rings. The van der Waals surface area contributed by atoms with Gasteiger partial charge in [-0.2, -0.15) is 0 Å². The molecule has 0 saturated carbocycles. The first-order valence-electron chi connectivity index (χ1n) is 11.7. The van der Waals surface area contributed by atoms with Gasteiger partial charge in [0.1, 0.15) is 5.82 Å². The molecule has 2 heterocycles. The topological polar surface area (TPSA) is 69.6 Å². The van der Waals surface area contributed by atoms with Gasteiger partial charge in [0.2, 0.25) is 11.8 Å². The van der Waals surface area contributed by atoms with Crippen molar-refractivity contribution in [2.45, 2.75) is 46.6 Å². The summed E-state index contributed by atoms with van der Waals surface area (Å²) in [6.45, 7) is 10.7. The zero-order valence-electron chi connectivity index (χ0n) is 20.0. The van der Waals surface area contributed by atoms with E-state index in [9.17, 15) is 14.0 Å². The van der Waals surface area contributed by atoms with Gasteiger partial charge in [-0.15, -0.1) is 10.2 Å². The molecular formula is C25H34FN5O2. The molecule has 3 rings (SSSR count). The van der Waals surface area contributed by atoms with Crippen LogP contribution < -0.4 is 4.90 Å². The van der Waals surface area contributed by atoms with Gasteiger partial charge in [-0.1, -0.05) is 13.8 Å². The summed E-state index contributed by atoms with van der Waals surface area (Å²) in [5.74, 6) is 0.747. The zero-order chi connectivity index (χ0) is 24.0. The highest BCUT2D eigenvalue weighted by atomic mass is 19.1. The summed E-state index contributed by atoms with van der Waals surface area (Å²) in [6.07, 6.45) is 1.26. The van der Waals surface area contributed by atoms with E-state index in [4.69, 9.17) is 0 Å². The molecule has 2 aromatic rings. The molecule has 0 spiro atoms. The number of halogens is 1. The van der Waals surface area contributed by atoms with Gasteiger partial charge in [-0.05, 0) is 62.6 Å². The summed E-state index contributed by atoms with van der Waals surface area (Å²) in [7, 11) is 0. The van der Waals surface area contributed by atoms with E-state index in [1.807, 2.05) is 44.7 Å². The van der Waals surface area contributed by atoms with Crippen molar-refractivity contribution in [3.63, 3.8) is 0 Å². The summed E-state index contributed by atoms with van der Waals surface area (Å²) in [4.78, 5) is 31.2. The lowest BCUT2D eigenvalue weighted by Gasteiger charge is -2.30. The van der Waals surface area contributed by atoms with Crippen LogP contribution in [0.25, 0.3) is 11.3 Å². The molecule has 1 aromatic heterocycles. The van der Waals surface area contributed by atoms with Gasteiger partial charge in [0, 0.05) is 44.2 Å². The Morgan fingerprint density at radius 3 is 2.30 bits per heavy atom. The molecule has 7 nitrogen and oxygen atoms in total. The van der Waals surface area contributed by atoms with Crippen molar-refractivity contribution in [1.29, 1.82) is 0 Å². The van der Waals surface area contributed by atoms with Crippen LogP contribution in [0.3, 0.4) is 0 Å². The van der Waals surface area contributed by atoms with Crippen molar-refractivity contribution in [3.8, 4) is 11.3 Å². The highest BCUT2D eigenvalue weighted by molar-refractivity contribution is 5.85. The predicted octanol–water partition coefficient (Wildman–Crippen LogP) is 3.60. The average Bonchev–Trinajstić information content (AvgIpc) is 3.04. The van der Waals surface area contributed by atoms with Crippen molar-refractivity contribution < 1.29 is 14.0 Å². The molecule has 0 atom stereocenters. The van der Waals surface area contributed by atoms with E-state index in [-0.39, 0.29) is 36.1 Å².